The fraction of sp³-hybridized carbons (Fsp3) is 0.235. The van der Waals surface area contributed by atoms with Crippen molar-refractivity contribution in [1.29, 1.82) is 5.26 Å². The average Bonchev–Trinajstić information content (AvgIpc) is 2.55. The molecule has 112 valence electrons. The molecule has 2 rings (SSSR count). The molecule has 2 N–H and O–H groups in total. The van der Waals surface area contributed by atoms with Crippen LogP contribution in [0.1, 0.15) is 35.7 Å². The van der Waals surface area contributed by atoms with E-state index in [1.807, 2.05) is 6.07 Å². The summed E-state index contributed by atoms with van der Waals surface area (Å²) in [5.41, 5.74) is 2.58. The molecule has 0 atom stereocenters. The molecule has 0 aliphatic carbocycles. The van der Waals surface area contributed by atoms with Gasteiger partial charge < -0.3 is 10.6 Å². The van der Waals surface area contributed by atoms with Crippen LogP contribution in [-0.2, 0) is 0 Å². The largest absolute Gasteiger partial charge is 0.354 e. The molecule has 0 saturated carbocycles. The number of hydrogen-bond donors (Lipinski definition) is 2. The maximum absolute atomic E-state index is 12.0. The van der Waals surface area contributed by atoms with Crippen LogP contribution in [0.3, 0.4) is 0 Å². The average molecular weight is 294 g/mol. The highest BCUT2D eigenvalue weighted by Gasteiger charge is 2.06. The first kappa shape index (κ1) is 15.5. The monoisotopic (exact) mass is 294 g/mol. The number of aromatic nitrogens is 1. The van der Waals surface area contributed by atoms with E-state index < -0.39 is 0 Å². The summed E-state index contributed by atoms with van der Waals surface area (Å²) in [6, 6.07) is 11.0. The number of anilines is 2. The minimum Gasteiger partial charge on any atom is -0.354 e. The van der Waals surface area contributed by atoms with Crippen molar-refractivity contribution in [1.82, 2.24) is 10.3 Å². The van der Waals surface area contributed by atoms with Gasteiger partial charge in [0, 0.05) is 18.4 Å². The third-order valence-corrected chi connectivity index (χ3v) is 3.10. The first-order valence-corrected chi connectivity index (χ1v) is 7.23. The Labute approximate surface area is 130 Å². The highest BCUT2D eigenvalue weighted by atomic mass is 16.1. The Morgan fingerprint density at radius 2 is 2.14 bits per heavy atom. The van der Waals surface area contributed by atoms with E-state index in [0.29, 0.717) is 23.4 Å². The highest BCUT2D eigenvalue weighted by Crippen LogP contribution is 2.17. The molecule has 0 fully saturated rings. The van der Waals surface area contributed by atoms with Gasteiger partial charge in [0.15, 0.2) is 0 Å². The van der Waals surface area contributed by atoms with Crippen molar-refractivity contribution in [2.24, 2.45) is 0 Å². The van der Waals surface area contributed by atoms with Crippen molar-refractivity contribution in [3.8, 4) is 6.07 Å². The number of carbonyl (C=O) groups is 1. The fourth-order valence-electron chi connectivity index (χ4n) is 1.95. The molecule has 1 amide bonds. The molecule has 5 nitrogen and oxygen atoms in total. The van der Waals surface area contributed by atoms with Crippen molar-refractivity contribution in [2.45, 2.75) is 19.8 Å². The van der Waals surface area contributed by atoms with E-state index in [1.54, 1.807) is 30.5 Å². The lowest BCUT2D eigenvalue weighted by molar-refractivity contribution is 0.0953. The Morgan fingerprint density at radius 3 is 2.91 bits per heavy atom. The van der Waals surface area contributed by atoms with Gasteiger partial charge in [-0.05, 0) is 30.7 Å². The van der Waals surface area contributed by atoms with Gasteiger partial charge >= 0.3 is 0 Å². The Hall–Kier alpha value is -2.87. The molecule has 0 radical (unpaired) electrons. The van der Waals surface area contributed by atoms with E-state index in [9.17, 15) is 4.79 Å². The van der Waals surface area contributed by atoms with Gasteiger partial charge in [-0.1, -0.05) is 19.4 Å². The predicted octanol–water partition coefficient (Wildman–Crippen LogP) is 3.23. The van der Waals surface area contributed by atoms with E-state index >= 15 is 0 Å². The number of unbranched alkanes of at least 4 members (excludes halogenated alkanes) is 1. The summed E-state index contributed by atoms with van der Waals surface area (Å²) in [7, 11) is 0. The summed E-state index contributed by atoms with van der Waals surface area (Å²) in [5.74, 6) is -0.129. The van der Waals surface area contributed by atoms with Crippen LogP contribution in [0.4, 0.5) is 11.4 Å². The third-order valence-electron chi connectivity index (χ3n) is 3.10. The maximum Gasteiger partial charge on any atom is 0.252 e. The molecular formula is C17H18N4O. The van der Waals surface area contributed by atoms with Crippen molar-refractivity contribution in [3.05, 3.63) is 53.9 Å². The number of rotatable bonds is 6. The van der Waals surface area contributed by atoms with Crippen LogP contribution >= 0.6 is 0 Å². The molecule has 0 aliphatic heterocycles. The second kappa shape index (κ2) is 7.79. The van der Waals surface area contributed by atoms with E-state index in [1.165, 1.54) is 6.20 Å². The first-order chi connectivity index (χ1) is 10.7. The van der Waals surface area contributed by atoms with Crippen molar-refractivity contribution in [2.75, 3.05) is 11.9 Å². The van der Waals surface area contributed by atoms with Gasteiger partial charge in [0.25, 0.3) is 5.91 Å². The second-order valence-electron chi connectivity index (χ2n) is 4.89. The van der Waals surface area contributed by atoms with Gasteiger partial charge in [-0.25, -0.2) is 0 Å². The van der Waals surface area contributed by atoms with Gasteiger partial charge in [0.05, 0.1) is 29.1 Å². The molecule has 5 heteroatoms. The zero-order chi connectivity index (χ0) is 15.8. The molecule has 0 bridgehead atoms. The Kier molecular flexibility index (Phi) is 5.50. The lowest BCUT2D eigenvalue weighted by Crippen LogP contribution is -2.24. The quantitative estimate of drug-likeness (QED) is 0.802. The van der Waals surface area contributed by atoms with Gasteiger partial charge in [0.1, 0.15) is 0 Å². The van der Waals surface area contributed by atoms with Crippen LogP contribution in [-0.4, -0.2) is 17.4 Å². The highest BCUT2D eigenvalue weighted by molar-refractivity contribution is 5.94. The molecule has 0 unspecified atom stereocenters. The van der Waals surface area contributed by atoms with E-state index in [2.05, 4.69) is 28.6 Å². The van der Waals surface area contributed by atoms with Crippen molar-refractivity contribution < 1.29 is 4.79 Å². The number of nitrogens with zero attached hydrogens (tertiary/aromatic N) is 2. The van der Waals surface area contributed by atoms with Gasteiger partial charge in [-0.15, -0.1) is 0 Å². The van der Waals surface area contributed by atoms with E-state index in [4.69, 9.17) is 5.26 Å². The van der Waals surface area contributed by atoms with Gasteiger partial charge in [0.2, 0.25) is 0 Å². The van der Waals surface area contributed by atoms with Gasteiger partial charge in [-0.2, -0.15) is 5.26 Å². The smallest absolute Gasteiger partial charge is 0.252 e. The molecular weight excluding hydrogens is 276 g/mol. The summed E-state index contributed by atoms with van der Waals surface area (Å²) in [6.45, 7) is 2.74. The number of amides is 1. The normalized spacial score (nSPS) is 9.82. The summed E-state index contributed by atoms with van der Waals surface area (Å²) in [5, 5.41) is 14.9. The summed E-state index contributed by atoms with van der Waals surface area (Å²) >= 11 is 0. The number of benzene rings is 1. The number of hydrogen-bond acceptors (Lipinski definition) is 4. The molecule has 1 heterocycles. The Morgan fingerprint density at radius 1 is 1.27 bits per heavy atom. The number of carbonyl (C=O) groups excluding carboxylic acids is 1. The summed E-state index contributed by atoms with van der Waals surface area (Å²) in [4.78, 5) is 16.1. The zero-order valence-electron chi connectivity index (χ0n) is 12.5. The Balaban J connectivity index is 2.08. The molecule has 0 saturated heterocycles. The second-order valence-corrected chi connectivity index (χ2v) is 4.89. The number of nitrogens with one attached hydrogen (secondary N) is 2. The molecule has 0 aliphatic rings. The van der Waals surface area contributed by atoms with Crippen LogP contribution < -0.4 is 10.6 Å². The van der Waals surface area contributed by atoms with Crippen LogP contribution in [0.15, 0.2) is 42.7 Å². The minimum absolute atomic E-state index is 0.129. The SMILES string of the molecule is CCCCNC(=O)c1cncc(Nc2cccc(C#N)c2)c1. The fourth-order valence-corrected chi connectivity index (χ4v) is 1.95. The third kappa shape index (κ3) is 4.32. The Bertz CT molecular complexity index is 691. The zero-order valence-corrected chi connectivity index (χ0v) is 12.5. The lowest BCUT2D eigenvalue weighted by Gasteiger charge is -2.08. The molecule has 2 aromatic rings. The van der Waals surface area contributed by atoms with Crippen LogP contribution in [0.2, 0.25) is 0 Å². The standard InChI is InChI=1S/C17H18N4O/c1-2-3-7-20-17(22)14-9-16(12-19-11-14)21-15-6-4-5-13(8-15)10-18/h4-6,8-9,11-12,21H,2-3,7H2,1H3,(H,20,22). The lowest BCUT2D eigenvalue weighted by atomic mass is 10.2. The summed E-state index contributed by atoms with van der Waals surface area (Å²) < 4.78 is 0. The van der Waals surface area contributed by atoms with Crippen molar-refractivity contribution in [3.63, 3.8) is 0 Å². The predicted molar refractivity (Wildman–Crippen MR) is 85.9 cm³/mol. The topological polar surface area (TPSA) is 77.8 Å². The molecule has 1 aromatic heterocycles. The van der Waals surface area contributed by atoms with Crippen LogP contribution in [0.25, 0.3) is 0 Å². The molecule has 22 heavy (non-hydrogen) atoms. The maximum atomic E-state index is 12.0. The van der Waals surface area contributed by atoms with Gasteiger partial charge in [-0.3, -0.25) is 9.78 Å². The number of nitriles is 1. The molecule has 0 spiro atoms. The first-order valence-electron chi connectivity index (χ1n) is 7.23. The molecule has 1 aromatic carbocycles. The van der Waals surface area contributed by atoms with E-state index in [-0.39, 0.29) is 5.91 Å². The summed E-state index contributed by atoms with van der Waals surface area (Å²) in [6.07, 6.45) is 5.17. The van der Waals surface area contributed by atoms with E-state index in [0.717, 1.165) is 18.5 Å². The minimum atomic E-state index is -0.129. The van der Waals surface area contributed by atoms with Crippen LogP contribution in [0, 0.1) is 11.3 Å². The van der Waals surface area contributed by atoms with Crippen LogP contribution in [0.5, 0.6) is 0 Å². The van der Waals surface area contributed by atoms with Crippen molar-refractivity contribution >= 4 is 17.3 Å². The number of pyridine rings is 1.